The number of carboxylic acid groups (broad SMARTS) is 3. The van der Waals surface area contributed by atoms with Crippen molar-refractivity contribution in [1.29, 1.82) is 0 Å². The first-order valence-corrected chi connectivity index (χ1v) is 8.20. The molecule has 0 fully saturated rings. The Labute approximate surface area is 144 Å². The zero-order valence-corrected chi connectivity index (χ0v) is 14.8. The molecule has 0 aliphatic rings. The van der Waals surface area contributed by atoms with Gasteiger partial charge in [-0.15, -0.1) is 0 Å². The molecule has 0 aliphatic heterocycles. The molecule has 10 heteroatoms. The molecular formula is C13H22N2O6S2. The third-order valence-electron chi connectivity index (χ3n) is 2.54. The van der Waals surface area contributed by atoms with Crippen molar-refractivity contribution in [1.82, 2.24) is 10.6 Å². The van der Waals surface area contributed by atoms with Crippen LogP contribution in [-0.4, -0.2) is 60.9 Å². The van der Waals surface area contributed by atoms with E-state index in [2.05, 4.69) is 10.6 Å². The van der Waals surface area contributed by atoms with Crippen LogP contribution < -0.4 is 10.6 Å². The molecule has 0 aromatic heterocycles. The van der Waals surface area contributed by atoms with Gasteiger partial charge in [0.05, 0.1) is 0 Å². The molecule has 0 amide bonds. The van der Waals surface area contributed by atoms with E-state index in [-0.39, 0.29) is 28.5 Å². The second-order valence-corrected chi connectivity index (χ2v) is 8.01. The number of thioether (sulfide) groups is 1. The smallest absolute Gasteiger partial charge is 0.327 e. The number of hydrogen-bond donors (Lipinski definition) is 5. The lowest BCUT2D eigenvalue weighted by Gasteiger charge is -2.23. The SMILES string of the molecule is CC(C)(C)SC[C@@H](NC(=S)NC(CCC(=O)O)C(=O)O)C(=O)O. The minimum Gasteiger partial charge on any atom is -0.481 e. The van der Waals surface area contributed by atoms with E-state index in [0.29, 0.717) is 0 Å². The van der Waals surface area contributed by atoms with Gasteiger partial charge in [0.25, 0.3) is 0 Å². The quantitative estimate of drug-likeness (QED) is 0.372. The molecule has 5 N–H and O–H groups in total. The Morgan fingerprint density at radius 3 is 1.91 bits per heavy atom. The molecule has 2 atom stereocenters. The number of carbonyl (C=O) groups is 3. The number of thiocarbonyl (C=S) groups is 1. The lowest BCUT2D eigenvalue weighted by Crippen LogP contribution is -2.52. The van der Waals surface area contributed by atoms with E-state index in [1.165, 1.54) is 11.8 Å². The lowest BCUT2D eigenvalue weighted by molar-refractivity contribution is -0.140. The van der Waals surface area contributed by atoms with Crippen LogP contribution >= 0.6 is 24.0 Å². The van der Waals surface area contributed by atoms with Crippen LogP contribution in [0.2, 0.25) is 0 Å². The van der Waals surface area contributed by atoms with Gasteiger partial charge < -0.3 is 26.0 Å². The maximum Gasteiger partial charge on any atom is 0.327 e. The molecule has 23 heavy (non-hydrogen) atoms. The van der Waals surface area contributed by atoms with Gasteiger partial charge in [0, 0.05) is 16.9 Å². The van der Waals surface area contributed by atoms with Crippen LogP contribution in [0.15, 0.2) is 0 Å². The third kappa shape index (κ3) is 10.7. The molecule has 0 aromatic carbocycles. The minimum absolute atomic E-state index is 0.129. The molecule has 1 unspecified atom stereocenters. The van der Waals surface area contributed by atoms with Gasteiger partial charge in [-0.05, 0) is 18.6 Å². The van der Waals surface area contributed by atoms with Crippen molar-refractivity contribution in [3.63, 3.8) is 0 Å². The fourth-order valence-corrected chi connectivity index (χ4v) is 2.57. The summed E-state index contributed by atoms with van der Waals surface area (Å²) in [7, 11) is 0. The van der Waals surface area contributed by atoms with Gasteiger partial charge in [-0.1, -0.05) is 20.8 Å². The second-order valence-electron chi connectivity index (χ2n) is 5.76. The van der Waals surface area contributed by atoms with Crippen molar-refractivity contribution < 1.29 is 29.7 Å². The third-order valence-corrected chi connectivity index (χ3v) is 4.14. The standard InChI is InChI=1S/C13H22N2O6S2/c1-13(2,3)23-6-8(11(20)21)15-12(22)14-7(10(18)19)4-5-9(16)17/h7-8H,4-6H2,1-3H3,(H,16,17)(H,18,19)(H,20,21)(H2,14,15,22)/t7?,8-/m1/s1. The van der Waals surface area contributed by atoms with Crippen LogP contribution in [0.4, 0.5) is 0 Å². The zero-order valence-electron chi connectivity index (χ0n) is 13.2. The molecule has 0 saturated carbocycles. The number of hydrogen-bond acceptors (Lipinski definition) is 5. The van der Waals surface area contributed by atoms with Gasteiger partial charge >= 0.3 is 17.9 Å². The van der Waals surface area contributed by atoms with E-state index in [1.54, 1.807) is 0 Å². The molecule has 0 aliphatic carbocycles. The summed E-state index contributed by atoms with van der Waals surface area (Å²) in [6.07, 6.45) is -0.504. The van der Waals surface area contributed by atoms with Crippen molar-refractivity contribution in [3.8, 4) is 0 Å². The van der Waals surface area contributed by atoms with Crippen LogP contribution in [0.1, 0.15) is 33.6 Å². The van der Waals surface area contributed by atoms with Crippen molar-refractivity contribution in [2.45, 2.75) is 50.4 Å². The normalized spacial score (nSPS) is 13.7. The Bertz CT molecular complexity index is 464. The largest absolute Gasteiger partial charge is 0.481 e. The Morgan fingerprint density at radius 2 is 1.52 bits per heavy atom. The molecule has 8 nitrogen and oxygen atoms in total. The molecule has 0 bridgehead atoms. The Hall–Kier alpha value is -1.55. The monoisotopic (exact) mass is 366 g/mol. The highest BCUT2D eigenvalue weighted by Crippen LogP contribution is 2.23. The van der Waals surface area contributed by atoms with Crippen LogP contribution in [0.3, 0.4) is 0 Å². The number of aliphatic carboxylic acids is 3. The Balaban J connectivity index is 4.62. The highest BCUT2D eigenvalue weighted by molar-refractivity contribution is 8.00. The maximum atomic E-state index is 11.2. The van der Waals surface area contributed by atoms with Gasteiger partial charge in [0.2, 0.25) is 0 Å². The predicted octanol–water partition coefficient (Wildman–Crippen LogP) is 0.753. The van der Waals surface area contributed by atoms with Gasteiger partial charge in [-0.25, -0.2) is 9.59 Å². The van der Waals surface area contributed by atoms with Crippen LogP contribution in [0.5, 0.6) is 0 Å². The average molecular weight is 366 g/mol. The number of nitrogens with one attached hydrogen (secondary N) is 2. The number of carboxylic acids is 3. The van der Waals surface area contributed by atoms with E-state index < -0.39 is 30.0 Å². The second kappa shape index (κ2) is 9.56. The summed E-state index contributed by atoms with van der Waals surface area (Å²) in [4.78, 5) is 32.8. The summed E-state index contributed by atoms with van der Waals surface area (Å²) in [5, 5.41) is 31.7. The lowest BCUT2D eigenvalue weighted by atomic mass is 10.1. The summed E-state index contributed by atoms with van der Waals surface area (Å²) in [6.45, 7) is 5.83. The van der Waals surface area contributed by atoms with Crippen molar-refractivity contribution in [2.24, 2.45) is 0 Å². The molecule has 0 aromatic rings. The highest BCUT2D eigenvalue weighted by Gasteiger charge is 2.24. The van der Waals surface area contributed by atoms with Crippen molar-refractivity contribution >= 4 is 47.0 Å². The Kier molecular flexibility index (Phi) is 8.91. The molecular weight excluding hydrogens is 344 g/mol. The predicted molar refractivity (Wildman–Crippen MR) is 90.8 cm³/mol. The minimum atomic E-state index is -1.26. The van der Waals surface area contributed by atoms with E-state index in [0.717, 1.165) is 0 Å². The van der Waals surface area contributed by atoms with E-state index in [4.69, 9.17) is 22.4 Å². The van der Waals surface area contributed by atoms with Gasteiger partial charge in [0.15, 0.2) is 5.11 Å². The van der Waals surface area contributed by atoms with Gasteiger partial charge in [-0.2, -0.15) is 11.8 Å². The summed E-state index contributed by atoms with van der Waals surface area (Å²) in [5.41, 5.74) is 0. The van der Waals surface area contributed by atoms with E-state index >= 15 is 0 Å². The van der Waals surface area contributed by atoms with Crippen molar-refractivity contribution in [2.75, 3.05) is 5.75 Å². The molecule has 0 saturated heterocycles. The summed E-state index contributed by atoms with van der Waals surface area (Å²) in [6, 6.07) is -2.18. The first-order valence-electron chi connectivity index (χ1n) is 6.80. The first-order chi connectivity index (χ1) is 10.4. The van der Waals surface area contributed by atoms with E-state index in [1.807, 2.05) is 20.8 Å². The molecule has 0 heterocycles. The molecule has 0 rings (SSSR count). The zero-order chi connectivity index (χ0) is 18.2. The number of rotatable bonds is 9. The molecule has 0 spiro atoms. The first kappa shape index (κ1) is 21.4. The fraction of sp³-hybridized carbons (Fsp3) is 0.692. The molecule has 0 radical (unpaired) electrons. The maximum absolute atomic E-state index is 11.2. The van der Waals surface area contributed by atoms with Crippen molar-refractivity contribution in [3.05, 3.63) is 0 Å². The summed E-state index contributed by atoms with van der Waals surface area (Å²) in [5.74, 6) is -3.25. The van der Waals surface area contributed by atoms with Gasteiger partial charge in [-0.3, -0.25) is 4.79 Å². The summed E-state index contributed by atoms with van der Waals surface area (Å²) >= 11 is 6.35. The van der Waals surface area contributed by atoms with E-state index in [9.17, 15) is 19.5 Å². The highest BCUT2D eigenvalue weighted by atomic mass is 32.2. The summed E-state index contributed by atoms with van der Waals surface area (Å²) < 4.78 is -0.129. The molecule has 132 valence electrons. The van der Waals surface area contributed by atoms with Crippen LogP contribution in [0.25, 0.3) is 0 Å². The van der Waals surface area contributed by atoms with Gasteiger partial charge in [0.1, 0.15) is 12.1 Å². The van der Waals surface area contributed by atoms with Crippen LogP contribution in [-0.2, 0) is 14.4 Å². The topological polar surface area (TPSA) is 136 Å². The fourth-order valence-electron chi connectivity index (χ4n) is 1.39. The average Bonchev–Trinajstić information content (AvgIpc) is 2.37. The Morgan fingerprint density at radius 1 is 1.04 bits per heavy atom. The van der Waals surface area contributed by atoms with Crippen LogP contribution in [0, 0.1) is 0 Å².